The smallest absolute Gasteiger partial charge is 0.339 e. The number of carbonyl (C=O) groups is 1. The molecule has 20 heavy (non-hydrogen) atoms. The molecule has 0 atom stereocenters. The normalized spacial score (nSPS) is 10.5. The van der Waals surface area contributed by atoms with Crippen molar-refractivity contribution in [1.82, 2.24) is 14.8 Å². The van der Waals surface area contributed by atoms with Crippen molar-refractivity contribution >= 4 is 5.97 Å². The zero-order valence-electron chi connectivity index (χ0n) is 10.9. The van der Waals surface area contributed by atoms with Crippen molar-refractivity contribution in [3.05, 3.63) is 41.7 Å². The number of rotatable bonds is 6. The summed E-state index contributed by atoms with van der Waals surface area (Å²) in [7, 11) is 0. The van der Waals surface area contributed by atoms with Gasteiger partial charge in [-0.25, -0.2) is 18.9 Å². The third-order valence-electron chi connectivity index (χ3n) is 2.66. The van der Waals surface area contributed by atoms with Gasteiger partial charge in [-0.2, -0.15) is 5.10 Å². The van der Waals surface area contributed by atoms with E-state index in [1.54, 1.807) is 4.68 Å². The summed E-state index contributed by atoms with van der Waals surface area (Å²) in [6.45, 7) is 2.79. The number of nitrogens with zero attached hydrogens (tertiary/aromatic N) is 3. The first kappa shape index (κ1) is 14.0. The second-order valence-corrected chi connectivity index (χ2v) is 4.13. The lowest BCUT2D eigenvalue weighted by Gasteiger charge is -2.09. The van der Waals surface area contributed by atoms with Crippen LogP contribution in [0.25, 0.3) is 0 Å². The van der Waals surface area contributed by atoms with Crippen molar-refractivity contribution < 1.29 is 19.0 Å². The Morgan fingerprint density at radius 3 is 3.00 bits per heavy atom. The van der Waals surface area contributed by atoms with Gasteiger partial charge in [-0.1, -0.05) is 6.92 Å². The molecule has 0 amide bonds. The molecular weight excluding hydrogens is 265 g/mol. The number of carboxylic acids is 1. The number of benzene rings is 1. The molecule has 1 aromatic carbocycles. The summed E-state index contributed by atoms with van der Waals surface area (Å²) in [6.07, 6.45) is 2.31. The molecule has 1 N–H and O–H groups in total. The Balaban J connectivity index is 2.14. The van der Waals surface area contributed by atoms with Crippen molar-refractivity contribution in [1.29, 1.82) is 0 Å². The number of hydrogen-bond donors (Lipinski definition) is 1. The first-order valence-electron chi connectivity index (χ1n) is 6.14. The van der Waals surface area contributed by atoms with Gasteiger partial charge in [0.25, 0.3) is 0 Å². The minimum absolute atomic E-state index is 0.0753. The van der Waals surface area contributed by atoms with Crippen LogP contribution in [-0.2, 0) is 13.2 Å². The van der Waals surface area contributed by atoms with Crippen LogP contribution in [0.15, 0.2) is 24.5 Å². The van der Waals surface area contributed by atoms with Gasteiger partial charge in [-0.3, -0.25) is 0 Å². The molecule has 0 saturated heterocycles. The van der Waals surface area contributed by atoms with E-state index in [0.29, 0.717) is 12.4 Å². The van der Waals surface area contributed by atoms with Crippen molar-refractivity contribution in [2.75, 3.05) is 0 Å². The predicted molar refractivity (Wildman–Crippen MR) is 68.0 cm³/mol. The molecular formula is C13H14FN3O3. The molecule has 0 unspecified atom stereocenters. The van der Waals surface area contributed by atoms with E-state index in [9.17, 15) is 9.18 Å². The van der Waals surface area contributed by atoms with Crippen molar-refractivity contribution in [2.45, 2.75) is 26.5 Å². The molecule has 0 aliphatic heterocycles. The topological polar surface area (TPSA) is 77.2 Å². The average molecular weight is 279 g/mol. The number of carboxylic acid groups (broad SMARTS) is 1. The Bertz CT molecular complexity index is 613. The van der Waals surface area contributed by atoms with E-state index in [0.717, 1.165) is 18.6 Å². The summed E-state index contributed by atoms with van der Waals surface area (Å²) in [6, 6.07) is 3.37. The number of halogens is 1. The molecule has 0 aliphatic carbocycles. The van der Waals surface area contributed by atoms with Crippen LogP contribution in [-0.4, -0.2) is 25.8 Å². The SMILES string of the molecule is CCCn1ncnc1COc1ccc(F)cc1C(=O)O. The van der Waals surface area contributed by atoms with E-state index in [4.69, 9.17) is 9.84 Å². The number of ether oxygens (including phenoxy) is 1. The van der Waals surface area contributed by atoms with Gasteiger partial charge >= 0.3 is 5.97 Å². The largest absolute Gasteiger partial charge is 0.485 e. The Labute approximate surface area is 114 Å². The van der Waals surface area contributed by atoms with Gasteiger partial charge < -0.3 is 9.84 Å². The van der Waals surface area contributed by atoms with Gasteiger partial charge in [0.05, 0.1) is 0 Å². The Morgan fingerprint density at radius 1 is 1.50 bits per heavy atom. The van der Waals surface area contributed by atoms with Gasteiger partial charge in [0, 0.05) is 6.54 Å². The molecule has 2 rings (SSSR count). The predicted octanol–water partition coefficient (Wildman–Crippen LogP) is 2.10. The molecule has 6 nitrogen and oxygen atoms in total. The summed E-state index contributed by atoms with van der Waals surface area (Å²) >= 11 is 0. The zero-order valence-corrected chi connectivity index (χ0v) is 10.9. The van der Waals surface area contributed by atoms with E-state index >= 15 is 0 Å². The number of aromatic nitrogens is 3. The lowest BCUT2D eigenvalue weighted by atomic mass is 10.2. The summed E-state index contributed by atoms with van der Waals surface area (Å²) in [5, 5.41) is 13.0. The third-order valence-corrected chi connectivity index (χ3v) is 2.66. The van der Waals surface area contributed by atoms with Crippen LogP contribution in [0.5, 0.6) is 5.75 Å². The maximum Gasteiger partial charge on any atom is 0.339 e. The summed E-state index contributed by atoms with van der Waals surface area (Å²) in [4.78, 5) is 15.1. The van der Waals surface area contributed by atoms with E-state index < -0.39 is 11.8 Å². The van der Waals surface area contributed by atoms with Crippen molar-refractivity contribution in [3.63, 3.8) is 0 Å². The number of aryl methyl sites for hydroxylation is 1. The van der Waals surface area contributed by atoms with Crippen LogP contribution >= 0.6 is 0 Å². The lowest BCUT2D eigenvalue weighted by Crippen LogP contribution is -2.10. The van der Waals surface area contributed by atoms with Gasteiger partial charge in [-0.15, -0.1) is 0 Å². The molecule has 0 saturated carbocycles. The van der Waals surface area contributed by atoms with Crippen LogP contribution in [0, 0.1) is 5.82 Å². The minimum atomic E-state index is -1.24. The van der Waals surface area contributed by atoms with E-state index in [1.165, 1.54) is 12.4 Å². The fourth-order valence-electron chi connectivity index (χ4n) is 1.74. The Kier molecular flexibility index (Phi) is 4.29. The van der Waals surface area contributed by atoms with Crippen LogP contribution in [0.2, 0.25) is 0 Å². The molecule has 0 fully saturated rings. The molecule has 1 aromatic heterocycles. The Morgan fingerprint density at radius 2 is 2.30 bits per heavy atom. The van der Waals surface area contributed by atoms with Crippen LogP contribution in [0.3, 0.4) is 0 Å². The van der Waals surface area contributed by atoms with E-state index in [1.807, 2.05) is 6.92 Å². The highest BCUT2D eigenvalue weighted by molar-refractivity contribution is 5.90. The molecule has 1 heterocycles. The fraction of sp³-hybridized carbons (Fsp3) is 0.308. The number of aromatic carboxylic acids is 1. The molecule has 0 aliphatic rings. The molecule has 7 heteroatoms. The van der Waals surface area contributed by atoms with Crippen LogP contribution < -0.4 is 4.74 Å². The molecule has 0 spiro atoms. The first-order valence-corrected chi connectivity index (χ1v) is 6.14. The second kappa shape index (κ2) is 6.14. The van der Waals surface area contributed by atoms with Crippen LogP contribution in [0.4, 0.5) is 4.39 Å². The van der Waals surface area contributed by atoms with Crippen LogP contribution in [0.1, 0.15) is 29.5 Å². The highest BCUT2D eigenvalue weighted by Crippen LogP contribution is 2.20. The van der Waals surface area contributed by atoms with E-state index in [-0.39, 0.29) is 17.9 Å². The van der Waals surface area contributed by atoms with Gasteiger partial charge in [0.2, 0.25) is 0 Å². The van der Waals surface area contributed by atoms with E-state index in [2.05, 4.69) is 10.1 Å². The molecule has 106 valence electrons. The van der Waals surface area contributed by atoms with Gasteiger partial charge in [0.1, 0.15) is 30.1 Å². The zero-order chi connectivity index (χ0) is 14.5. The van der Waals surface area contributed by atoms with Crippen molar-refractivity contribution in [3.8, 4) is 5.75 Å². The highest BCUT2D eigenvalue weighted by Gasteiger charge is 2.13. The minimum Gasteiger partial charge on any atom is -0.485 e. The molecule has 0 bridgehead atoms. The summed E-state index contributed by atoms with van der Waals surface area (Å²) in [5.41, 5.74) is -0.216. The summed E-state index contributed by atoms with van der Waals surface area (Å²) in [5.74, 6) is -1.17. The monoisotopic (exact) mass is 279 g/mol. The Hall–Kier alpha value is -2.44. The maximum absolute atomic E-state index is 13.0. The van der Waals surface area contributed by atoms with Gasteiger partial charge in [-0.05, 0) is 24.6 Å². The van der Waals surface area contributed by atoms with Crippen molar-refractivity contribution in [2.24, 2.45) is 0 Å². The standard InChI is InChI=1S/C13H14FN3O3/c1-2-5-17-12(15-8-16-17)7-20-11-4-3-9(14)6-10(11)13(18)19/h3-4,6,8H,2,5,7H2,1H3,(H,18,19). The quantitative estimate of drug-likeness (QED) is 0.876. The van der Waals surface area contributed by atoms with Gasteiger partial charge in [0.15, 0.2) is 5.82 Å². The molecule has 0 radical (unpaired) electrons. The average Bonchev–Trinajstić information content (AvgIpc) is 2.85. The lowest BCUT2D eigenvalue weighted by molar-refractivity contribution is 0.0691. The fourth-order valence-corrected chi connectivity index (χ4v) is 1.74. The third kappa shape index (κ3) is 3.11. The highest BCUT2D eigenvalue weighted by atomic mass is 19.1. The first-order chi connectivity index (χ1) is 9.61. The molecule has 2 aromatic rings. The number of hydrogen-bond acceptors (Lipinski definition) is 4. The second-order valence-electron chi connectivity index (χ2n) is 4.13. The summed E-state index contributed by atoms with van der Waals surface area (Å²) < 4.78 is 20.1. The maximum atomic E-state index is 13.0.